The molecule has 0 spiro atoms. The number of nitrogens with zero attached hydrogens (tertiary/aromatic N) is 5. The van der Waals surface area contributed by atoms with Gasteiger partial charge in [0.15, 0.2) is 0 Å². The van der Waals surface area contributed by atoms with Crippen molar-refractivity contribution < 1.29 is 0 Å². The summed E-state index contributed by atoms with van der Waals surface area (Å²) in [6.07, 6.45) is 53.1. The predicted molar refractivity (Wildman–Crippen MR) is 294 cm³/mol. The minimum Gasteiger partial charge on any atom is -0.312 e. The lowest BCUT2D eigenvalue weighted by molar-refractivity contribution is 0.0327. The minimum atomic E-state index is 0.343. The summed E-state index contributed by atoms with van der Waals surface area (Å²) in [5.74, 6) is 11.9. The van der Waals surface area contributed by atoms with Crippen LogP contribution >= 0.6 is 0 Å². The van der Waals surface area contributed by atoms with E-state index in [0.717, 1.165) is 137 Å². The fraction of sp³-hybridized carbons (Fsp3) is 0.970. The molecular formula is C66H105N7. The molecule has 9 aliphatic carbocycles. The molecule has 7 heteroatoms. The Labute approximate surface area is 446 Å². The smallest absolute Gasteiger partial charge is 0.0655 e. The first-order valence-electron chi connectivity index (χ1n) is 33.7. The third-order valence-electron chi connectivity index (χ3n) is 27.2. The Bertz CT molecular complexity index is 1790. The molecule has 16 atom stereocenters. The molecule has 73 heavy (non-hydrogen) atoms. The second-order valence-electron chi connectivity index (χ2n) is 29.9. The van der Waals surface area contributed by atoms with Crippen molar-refractivity contribution in [3.8, 4) is 12.1 Å². The number of nitrogens with one attached hydrogen (secondary N) is 2. The number of fused-ring (bicyclic) bond motifs is 9. The zero-order valence-corrected chi connectivity index (χ0v) is 46.2. The van der Waals surface area contributed by atoms with E-state index in [0.29, 0.717) is 11.8 Å². The lowest BCUT2D eigenvalue weighted by Crippen LogP contribution is -2.57. The number of hydrogen-bond acceptors (Lipinski definition) is 7. The molecule has 0 aromatic heterocycles. The monoisotopic (exact) mass is 996 g/mol. The van der Waals surface area contributed by atoms with Crippen molar-refractivity contribution in [2.24, 2.45) is 82.9 Å². The fourth-order valence-electron chi connectivity index (χ4n) is 24.0. The van der Waals surface area contributed by atoms with E-state index in [9.17, 15) is 10.5 Å². The van der Waals surface area contributed by atoms with Gasteiger partial charge in [-0.15, -0.1) is 0 Å². The number of piperidine rings is 2. The summed E-state index contributed by atoms with van der Waals surface area (Å²) >= 11 is 0. The molecule has 404 valence electrons. The molecule has 0 radical (unpaired) electrons. The molecule has 14 fully saturated rings. The van der Waals surface area contributed by atoms with Gasteiger partial charge in [-0.25, -0.2) is 0 Å². The highest BCUT2D eigenvalue weighted by molar-refractivity contribution is 5.14. The highest BCUT2D eigenvalue weighted by Gasteiger charge is 2.60. The lowest BCUT2D eigenvalue weighted by Gasteiger charge is -2.48. The molecule has 0 aromatic carbocycles. The van der Waals surface area contributed by atoms with Gasteiger partial charge < -0.3 is 10.6 Å². The van der Waals surface area contributed by atoms with Crippen LogP contribution in [-0.4, -0.2) is 94.2 Å². The Morgan fingerprint density at radius 1 is 0.274 bits per heavy atom. The molecule has 7 nitrogen and oxygen atoms in total. The van der Waals surface area contributed by atoms with Crippen LogP contribution in [0, 0.1) is 106 Å². The SMILES string of the molecule is N#CC1CCC(C2CCC(N3C4CCCCC4C4CC(C5CCC6C(C5)C5CC(C7CC8C9CCCCC9N(C9CCC(C%10CCC(C#N)CC%10)CC9)C8CN7)CCC5N6C5CCCCC5)NCC43)CC2)CC1. The van der Waals surface area contributed by atoms with Gasteiger partial charge in [-0.3, -0.25) is 14.7 Å². The molecule has 5 saturated heterocycles. The van der Waals surface area contributed by atoms with E-state index >= 15 is 0 Å². The summed E-state index contributed by atoms with van der Waals surface area (Å²) in [6.45, 7) is 2.57. The van der Waals surface area contributed by atoms with Crippen molar-refractivity contribution in [2.75, 3.05) is 13.1 Å². The van der Waals surface area contributed by atoms with E-state index in [1.54, 1.807) is 12.8 Å². The second-order valence-corrected chi connectivity index (χ2v) is 29.9. The van der Waals surface area contributed by atoms with Gasteiger partial charge in [0.1, 0.15) is 0 Å². The van der Waals surface area contributed by atoms with Gasteiger partial charge in [-0.1, -0.05) is 44.9 Å². The van der Waals surface area contributed by atoms with Crippen molar-refractivity contribution in [1.82, 2.24) is 25.3 Å². The van der Waals surface area contributed by atoms with Crippen molar-refractivity contribution in [2.45, 2.75) is 304 Å². The van der Waals surface area contributed by atoms with E-state index in [1.165, 1.54) is 238 Å². The molecule has 0 aromatic rings. The van der Waals surface area contributed by atoms with Gasteiger partial charge in [-0.05, 0) is 264 Å². The third-order valence-corrected chi connectivity index (χ3v) is 27.2. The molecule has 5 heterocycles. The maximum atomic E-state index is 9.55. The van der Waals surface area contributed by atoms with Gasteiger partial charge in [-0.2, -0.15) is 10.5 Å². The maximum Gasteiger partial charge on any atom is 0.0655 e. The van der Waals surface area contributed by atoms with Gasteiger partial charge in [0.05, 0.1) is 12.1 Å². The molecule has 14 aliphatic rings. The van der Waals surface area contributed by atoms with Crippen LogP contribution in [0.15, 0.2) is 0 Å². The van der Waals surface area contributed by atoms with E-state index in [-0.39, 0.29) is 0 Å². The number of hydrogen-bond donors (Lipinski definition) is 2. The molecule has 0 amide bonds. The number of rotatable bonds is 7. The zero-order valence-electron chi connectivity index (χ0n) is 46.2. The highest BCUT2D eigenvalue weighted by Crippen LogP contribution is 2.58. The van der Waals surface area contributed by atoms with E-state index in [2.05, 4.69) is 37.5 Å². The first-order valence-corrected chi connectivity index (χ1v) is 33.7. The molecule has 0 bridgehead atoms. The van der Waals surface area contributed by atoms with Crippen molar-refractivity contribution in [3.05, 3.63) is 0 Å². The summed E-state index contributed by atoms with van der Waals surface area (Å²) in [7, 11) is 0. The Morgan fingerprint density at radius 2 is 0.603 bits per heavy atom. The zero-order chi connectivity index (χ0) is 48.6. The van der Waals surface area contributed by atoms with E-state index in [1.807, 2.05) is 0 Å². The Balaban J connectivity index is 0.635. The van der Waals surface area contributed by atoms with E-state index < -0.39 is 0 Å². The Morgan fingerprint density at radius 3 is 1.03 bits per heavy atom. The largest absolute Gasteiger partial charge is 0.312 e. The quantitative estimate of drug-likeness (QED) is 0.263. The van der Waals surface area contributed by atoms with Crippen molar-refractivity contribution in [1.29, 1.82) is 10.5 Å². The van der Waals surface area contributed by atoms with Crippen LogP contribution in [0.3, 0.4) is 0 Å². The van der Waals surface area contributed by atoms with Gasteiger partial charge in [0.2, 0.25) is 0 Å². The summed E-state index contributed by atoms with van der Waals surface area (Å²) in [5, 5.41) is 28.1. The normalized spacial score (nSPS) is 52.1. The fourth-order valence-corrected chi connectivity index (χ4v) is 24.0. The summed E-state index contributed by atoms with van der Waals surface area (Å²) in [5.41, 5.74) is 0. The van der Waals surface area contributed by atoms with Crippen molar-refractivity contribution in [3.63, 3.8) is 0 Å². The first-order chi connectivity index (χ1) is 36.1. The third kappa shape index (κ3) is 9.40. The van der Waals surface area contributed by atoms with Crippen LogP contribution < -0.4 is 10.6 Å². The van der Waals surface area contributed by atoms with Gasteiger partial charge in [0, 0.05) is 91.4 Å². The average molecular weight is 997 g/mol. The van der Waals surface area contributed by atoms with Crippen LogP contribution in [0.2, 0.25) is 0 Å². The van der Waals surface area contributed by atoms with Gasteiger partial charge in [0.25, 0.3) is 0 Å². The number of likely N-dealkylation sites (tertiary alicyclic amines) is 3. The molecule has 2 N–H and O–H groups in total. The molecule has 9 saturated carbocycles. The average Bonchev–Trinajstić information content (AvgIpc) is 4.10. The maximum absolute atomic E-state index is 9.55. The van der Waals surface area contributed by atoms with Crippen LogP contribution in [0.5, 0.6) is 0 Å². The Kier molecular flexibility index (Phi) is 14.9. The second kappa shape index (κ2) is 21.8. The highest BCUT2D eigenvalue weighted by atomic mass is 15.3. The lowest BCUT2D eigenvalue weighted by atomic mass is 9.63. The molecular weight excluding hydrogens is 891 g/mol. The minimum absolute atomic E-state index is 0.343. The summed E-state index contributed by atoms with van der Waals surface area (Å²) < 4.78 is 0. The number of nitriles is 2. The summed E-state index contributed by atoms with van der Waals surface area (Å²) in [6, 6.07) is 14.4. The van der Waals surface area contributed by atoms with Crippen molar-refractivity contribution >= 4 is 0 Å². The van der Waals surface area contributed by atoms with Crippen LogP contribution in [-0.2, 0) is 0 Å². The van der Waals surface area contributed by atoms with Crippen LogP contribution in [0.4, 0.5) is 0 Å². The molecule has 16 unspecified atom stereocenters. The standard InChI is InChI=1S/C66H105N7/c67-38-42-14-18-44(19-15-42)46-22-28-51(29-23-46)72-61-12-6-4-10-53(61)57-36-59(69-40-65(57)72)48-26-32-63-55(34-48)56-35-49(27-33-64(56)71(63)50-8-2-1-3-9-50)60-37-58-54-11-5-7-13-62(54)73(66(58)41-70-60)52-30-24-47(25-31-52)45-20-16-43(39-68)17-21-45/h42-66,69-70H,1-37,40-41H2. The van der Waals surface area contributed by atoms with Crippen LogP contribution in [0.1, 0.15) is 238 Å². The van der Waals surface area contributed by atoms with Crippen LogP contribution in [0.25, 0.3) is 0 Å². The van der Waals surface area contributed by atoms with E-state index in [4.69, 9.17) is 0 Å². The molecule has 5 aliphatic heterocycles. The molecule has 14 rings (SSSR count). The first kappa shape index (κ1) is 50.0. The van der Waals surface area contributed by atoms with Gasteiger partial charge >= 0.3 is 0 Å². The summed E-state index contributed by atoms with van der Waals surface area (Å²) in [4.78, 5) is 9.83. The Hall–Kier alpha value is -1.22. The topological polar surface area (TPSA) is 81.4 Å². The predicted octanol–water partition coefficient (Wildman–Crippen LogP) is 13.4.